The molecule has 1 atom stereocenters. The molecule has 0 aliphatic carbocycles. The van der Waals surface area contributed by atoms with E-state index in [9.17, 15) is 19.8 Å². The molecule has 0 radical (unpaired) electrons. The maximum atomic E-state index is 9.74. The molecule has 0 unspecified atom stereocenters. The molecular formula is C5H6O5-2. The molecule has 0 amide bonds. The van der Waals surface area contributed by atoms with E-state index in [1.54, 1.807) is 0 Å². The van der Waals surface area contributed by atoms with Crippen LogP contribution >= 0.6 is 0 Å². The summed E-state index contributed by atoms with van der Waals surface area (Å²) in [4.78, 5) is 19.4. The molecule has 0 rings (SSSR count). The Labute approximate surface area is 56.9 Å². The Morgan fingerprint density at radius 2 is 1.90 bits per heavy atom. The van der Waals surface area contributed by atoms with Crippen LogP contribution in [0.15, 0.2) is 0 Å². The first-order chi connectivity index (χ1) is 4.54. The van der Waals surface area contributed by atoms with E-state index in [1.165, 1.54) is 0 Å². The van der Waals surface area contributed by atoms with E-state index in [4.69, 9.17) is 5.11 Å². The van der Waals surface area contributed by atoms with Gasteiger partial charge in [0, 0.05) is 5.97 Å². The summed E-state index contributed by atoms with van der Waals surface area (Å²) >= 11 is 0. The molecule has 58 valence electrons. The van der Waals surface area contributed by atoms with Gasteiger partial charge in [0.15, 0.2) is 0 Å². The Morgan fingerprint density at radius 1 is 1.40 bits per heavy atom. The van der Waals surface area contributed by atoms with Crippen LogP contribution in [0.3, 0.4) is 0 Å². The van der Waals surface area contributed by atoms with Crippen LogP contribution in [0.5, 0.6) is 0 Å². The summed E-state index contributed by atoms with van der Waals surface area (Å²) in [6, 6.07) is 0. The van der Waals surface area contributed by atoms with Crippen molar-refractivity contribution < 1.29 is 24.9 Å². The standard InChI is InChI=1S/C5H8O5/c6-3(5(9)10)1-2-4(7)8/h3,6H,1-2H2,(H,7,8)(H,9,10)/p-2/t3-/m1/s1. The largest absolute Gasteiger partial charge is 0.550 e. The Balaban J connectivity index is 3.49. The van der Waals surface area contributed by atoms with Gasteiger partial charge in [0.1, 0.15) is 0 Å². The van der Waals surface area contributed by atoms with Crippen molar-refractivity contribution in [1.29, 1.82) is 0 Å². The van der Waals surface area contributed by atoms with E-state index in [0.29, 0.717) is 0 Å². The summed E-state index contributed by atoms with van der Waals surface area (Å²) in [6.45, 7) is 0. The fraction of sp³-hybridized carbons (Fsp3) is 0.600. The third kappa shape index (κ3) is 3.85. The summed E-state index contributed by atoms with van der Waals surface area (Å²) in [6.07, 6.45) is -2.56. The zero-order valence-electron chi connectivity index (χ0n) is 5.07. The van der Waals surface area contributed by atoms with Crippen LogP contribution < -0.4 is 10.2 Å². The highest BCUT2D eigenvalue weighted by Crippen LogP contribution is 1.93. The third-order valence-electron chi connectivity index (χ3n) is 0.894. The Hall–Kier alpha value is -1.10. The molecule has 0 saturated heterocycles. The van der Waals surface area contributed by atoms with Gasteiger partial charge in [0.2, 0.25) is 0 Å². The Morgan fingerprint density at radius 3 is 2.20 bits per heavy atom. The Kier molecular flexibility index (Phi) is 3.42. The second kappa shape index (κ2) is 3.84. The van der Waals surface area contributed by atoms with Gasteiger partial charge in [-0.15, -0.1) is 0 Å². The van der Waals surface area contributed by atoms with Gasteiger partial charge in [-0.25, -0.2) is 0 Å². The minimum Gasteiger partial charge on any atom is -0.550 e. The number of carbonyl (C=O) groups is 2. The number of carboxylic acids is 2. The van der Waals surface area contributed by atoms with Gasteiger partial charge in [-0.3, -0.25) is 0 Å². The number of aliphatic hydroxyl groups excluding tert-OH is 1. The minimum atomic E-state index is -1.71. The van der Waals surface area contributed by atoms with E-state index in [-0.39, 0.29) is 6.42 Å². The smallest absolute Gasteiger partial charge is 0.0937 e. The van der Waals surface area contributed by atoms with Gasteiger partial charge in [0.05, 0.1) is 12.1 Å². The van der Waals surface area contributed by atoms with Crippen molar-refractivity contribution in [3.8, 4) is 0 Å². The quantitative estimate of drug-likeness (QED) is 0.446. The van der Waals surface area contributed by atoms with Crippen molar-refractivity contribution in [2.24, 2.45) is 0 Å². The maximum Gasteiger partial charge on any atom is 0.0937 e. The molecule has 0 fully saturated rings. The van der Waals surface area contributed by atoms with Crippen molar-refractivity contribution in [1.82, 2.24) is 0 Å². The van der Waals surface area contributed by atoms with Crippen molar-refractivity contribution >= 4 is 11.9 Å². The predicted octanol–water partition coefficient (Wildman–Crippen LogP) is -3.37. The second-order valence-electron chi connectivity index (χ2n) is 1.75. The highest BCUT2D eigenvalue weighted by atomic mass is 16.4. The highest BCUT2D eigenvalue weighted by Gasteiger charge is 2.03. The molecule has 0 aromatic rings. The molecule has 5 nitrogen and oxygen atoms in total. The van der Waals surface area contributed by atoms with E-state index in [2.05, 4.69) is 0 Å². The molecule has 0 spiro atoms. The average molecular weight is 146 g/mol. The van der Waals surface area contributed by atoms with Crippen molar-refractivity contribution in [2.45, 2.75) is 18.9 Å². The molecular weight excluding hydrogens is 140 g/mol. The van der Waals surface area contributed by atoms with Crippen LogP contribution in [0.4, 0.5) is 0 Å². The molecule has 0 aliphatic heterocycles. The van der Waals surface area contributed by atoms with Crippen LogP contribution in [-0.2, 0) is 9.59 Å². The van der Waals surface area contributed by atoms with Crippen LogP contribution in [0.2, 0.25) is 0 Å². The van der Waals surface area contributed by atoms with E-state index in [1.807, 2.05) is 0 Å². The molecule has 10 heavy (non-hydrogen) atoms. The molecule has 0 heterocycles. The maximum absolute atomic E-state index is 9.74. The minimum absolute atomic E-state index is 0.370. The lowest BCUT2D eigenvalue weighted by Crippen LogP contribution is -2.36. The molecule has 1 N–H and O–H groups in total. The second-order valence-corrected chi connectivity index (χ2v) is 1.75. The number of aliphatic hydroxyl groups is 1. The topological polar surface area (TPSA) is 100 Å². The number of carbonyl (C=O) groups excluding carboxylic acids is 2. The fourth-order valence-corrected chi connectivity index (χ4v) is 0.372. The summed E-state index contributed by atoms with van der Waals surface area (Å²) in [7, 11) is 0. The van der Waals surface area contributed by atoms with Crippen molar-refractivity contribution in [3.63, 3.8) is 0 Å². The monoisotopic (exact) mass is 146 g/mol. The Bertz CT molecular complexity index is 141. The number of carboxylic acid groups (broad SMARTS) is 2. The van der Waals surface area contributed by atoms with Gasteiger partial charge >= 0.3 is 0 Å². The van der Waals surface area contributed by atoms with Crippen molar-refractivity contribution in [3.05, 3.63) is 0 Å². The van der Waals surface area contributed by atoms with Gasteiger partial charge in [-0.2, -0.15) is 0 Å². The first-order valence-corrected chi connectivity index (χ1v) is 2.63. The average Bonchev–Trinajstić information content (AvgIpc) is 1.82. The van der Waals surface area contributed by atoms with E-state index >= 15 is 0 Å². The van der Waals surface area contributed by atoms with Crippen LogP contribution in [0, 0.1) is 0 Å². The molecule has 0 aromatic carbocycles. The normalized spacial score (nSPS) is 12.5. The number of hydrogen-bond acceptors (Lipinski definition) is 5. The molecule has 0 aliphatic rings. The lowest BCUT2D eigenvalue weighted by atomic mass is 10.2. The fourth-order valence-electron chi connectivity index (χ4n) is 0.372. The first-order valence-electron chi connectivity index (χ1n) is 2.63. The summed E-state index contributed by atoms with van der Waals surface area (Å²) < 4.78 is 0. The van der Waals surface area contributed by atoms with Crippen LogP contribution in [-0.4, -0.2) is 23.1 Å². The summed E-state index contributed by atoms with van der Waals surface area (Å²) in [5, 5.41) is 27.9. The number of rotatable bonds is 4. The highest BCUT2D eigenvalue weighted by molar-refractivity contribution is 5.71. The molecule has 0 saturated carbocycles. The zero-order chi connectivity index (χ0) is 8.15. The first kappa shape index (κ1) is 8.90. The number of hydrogen-bond donors (Lipinski definition) is 1. The summed E-state index contributed by atoms with van der Waals surface area (Å²) in [5.74, 6) is -3.05. The van der Waals surface area contributed by atoms with E-state index < -0.39 is 24.5 Å². The SMILES string of the molecule is O=C([O-])CC[C@@H](O)C(=O)[O-]. The zero-order valence-corrected chi connectivity index (χ0v) is 5.07. The van der Waals surface area contributed by atoms with Crippen LogP contribution in [0.25, 0.3) is 0 Å². The van der Waals surface area contributed by atoms with E-state index in [0.717, 1.165) is 0 Å². The lowest BCUT2D eigenvalue weighted by Gasteiger charge is -2.10. The van der Waals surface area contributed by atoms with Gasteiger partial charge in [-0.05, 0) is 12.8 Å². The summed E-state index contributed by atoms with van der Waals surface area (Å²) in [5.41, 5.74) is 0. The van der Waals surface area contributed by atoms with Crippen LogP contribution in [0.1, 0.15) is 12.8 Å². The van der Waals surface area contributed by atoms with Gasteiger partial charge < -0.3 is 24.9 Å². The molecule has 0 aromatic heterocycles. The molecule has 0 bridgehead atoms. The van der Waals surface area contributed by atoms with Gasteiger partial charge in [0.25, 0.3) is 0 Å². The van der Waals surface area contributed by atoms with Crippen molar-refractivity contribution in [2.75, 3.05) is 0 Å². The third-order valence-corrected chi connectivity index (χ3v) is 0.894. The lowest BCUT2D eigenvalue weighted by molar-refractivity contribution is -0.316. The predicted molar refractivity (Wildman–Crippen MR) is 25.3 cm³/mol. The number of aliphatic carboxylic acids is 2. The van der Waals surface area contributed by atoms with Gasteiger partial charge in [-0.1, -0.05) is 0 Å². The molecule has 5 heteroatoms.